The summed E-state index contributed by atoms with van der Waals surface area (Å²) in [5.74, 6) is 0. The topological polar surface area (TPSA) is 12.9 Å². The van der Waals surface area contributed by atoms with Crippen LogP contribution in [0.25, 0.3) is 0 Å². The predicted octanol–water partition coefficient (Wildman–Crippen LogP) is 3.93. The van der Waals surface area contributed by atoms with Crippen molar-refractivity contribution in [2.24, 2.45) is 5.41 Å². The van der Waals surface area contributed by atoms with Crippen LogP contribution in [-0.4, -0.2) is 10.4 Å². The van der Waals surface area contributed by atoms with E-state index in [-0.39, 0.29) is 10.8 Å². The van der Waals surface area contributed by atoms with E-state index in [0.717, 1.165) is 12.1 Å². The average Bonchev–Trinajstić information content (AvgIpc) is 2.07. The molecule has 0 saturated carbocycles. The van der Waals surface area contributed by atoms with Gasteiger partial charge in [-0.2, -0.15) is 0 Å². The van der Waals surface area contributed by atoms with Crippen molar-refractivity contribution in [1.29, 1.82) is 0 Å². The molecule has 1 aromatic rings. The van der Waals surface area contributed by atoms with Gasteiger partial charge in [0.05, 0.1) is 5.02 Å². The van der Waals surface area contributed by atoms with Crippen molar-refractivity contribution >= 4 is 23.2 Å². The van der Waals surface area contributed by atoms with Gasteiger partial charge in [0.1, 0.15) is 0 Å². The molecule has 0 aliphatic heterocycles. The zero-order chi connectivity index (χ0) is 10.8. The molecule has 3 heteroatoms. The molecule has 1 atom stereocenters. The molecule has 0 radical (unpaired) electrons. The third-order valence-corrected chi connectivity index (χ3v) is 3.15. The zero-order valence-corrected chi connectivity index (χ0v) is 10.2. The number of alkyl halides is 1. The molecule has 0 aromatic carbocycles. The van der Waals surface area contributed by atoms with Crippen LogP contribution >= 0.6 is 23.2 Å². The smallest absolute Gasteiger partial charge is 0.0589 e. The second-order valence-electron chi connectivity index (χ2n) is 4.51. The molecule has 0 bridgehead atoms. The summed E-state index contributed by atoms with van der Waals surface area (Å²) in [7, 11) is 0. The van der Waals surface area contributed by atoms with Gasteiger partial charge in [-0.05, 0) is 17.5 Å². The minimum absolute atomic E-state index is 0.0937. The Kier molecular flexibility index (Phi) is 3.79. The molecule has 1 rings (SSSR count). The molecule has 0 N–H and O–H groups in total. The van der Waals surface area contributed by atoms with Gasteiger partial charge in [-0.1, -0.05) is 32.4 Å². The van der Waals surface area contributed by atoms with Crippen LogP contribution in [0.2, 0.25) is 5.02 Å². The van der Waals surface area contributed by atoms with Gasteiger partial charge in [0.25, 0.3) is 0 Å². The molecule has 1 nitrogen and oxygen atoms in total. The number of hydrogen-bond acceptors (Lipinski definition) is 1. The standard InChI is InChI=1S/C11H15Cl2N/c1-11(2,3)10(13)6-9-5-4-8(12)7-14-9/h4-5,7,10H,6H2,1-3H3. The number of nitrogens with zero attached hydrogens (tertiary/aromatic N) is 1. The van der Waals surface area contributed by atoms with Gasteiger partial charge in [-0.3, -0.25) is 4.98 Å². The Hall–Kier alpha value is -0.270. The first-order chi connectivity index (χ1) is 6.39. The van der Waals surface area contributed by atoms with Crippen molar-refractivity contribution in [2.75, 3.05) is 0 Å². The maximum Gasteiger partial charge on any atom is 0.0589 e. The van der Waals surface area contributed by atoms with Crippen LogP contribution in [-0.2, 0) is 6.42 Å². The van der Waals surface area contributed by atoms with Gasteiger partial charge in [0.15, 0.2) is 0 Å². The number of pyridine rings is 1. The average molecular weight is 232 g/mol. The minimum Gasteiger partial charge on any atom is -0.260 e. The molecule has 78 valence electrons. The van der Waals surface area contributed by atoms with Crippen LogP contribution in [0.5, 0.6) is 0 Å². The van der Waals surface area contributed by atoms with E-state index in [1.807, 2.05) is 12.1 Å². The molecule has 0 spiro atoms. The minimum atomic E-state index is 0.0937. The molecule has 0 aliphatic rings. The molecule has 0 amide bonds. The van der Waals surface area contributed by atoms with E-state index in [4.69, 9.17) is 23.2 Å². The van der Waals surface area contributed by atoms with Crippen LogP contribution in [0.1, 0.15) is 26.5 Å². The third kappa shape index (κ3) is 3.47. The van der Waals surface area contributed by atoms with Gasteiger partial charge in [0.2, 0.25) is 0 Å². The van der Waals surface area contributed by atoms with E-state index in [2.05, 4.69) is 25.8 Å². The van der Waals surface area contributed by atoms with Crippen molar-refractivity contribution in [2.45, 2.75) is 32.6 Å². The fourth-order valence-corrected chi connectivity index (χ4v) is 1.29. The largest absolute Gasteiger partial charge is 0.260 e. The summed E-state index contributed by atoms with van der Waals surface area (Å²) in [4.78, 5) is 4.22. The monoisotopic (exact) mass is 231 g/mol. The summed E-state index contributed by atoms with van der Waals surface area (Å²) in [5.41, 5.74) is 1.09. The van der Waals surface area contributed by atoms with Gasteiger partial charge in [0, 0.05) is 23.7 Å². The van der Waals surface area contributed by atoms with E-state index in [1.165, 1.54) is 0 Å². The third-order valence-electron chi connectivity index (χ3n) is 2.12. The summed E-state index contributed by atoms with van der Waals surface area (Å²) in [6.45, 7) is 6.38. The Labute approximate surface area is 95.4 Å². The van der Waals surface area contributed by atoms with Gasteiger partial charge in [-0.15, -0.1) is 11.6 Å². The number of aromatic nitrogens is 1. The highest BCUT2D eigenvalue weighted by Gasteiger charge is 2.22. The summed E-state index contributed by atoms with van der Waals surface area (Å²) in [6, 6.07) is 3.76. The van der Waals surface area contributed by atoms with Gasteiger partial charge >= 0.3 is 0 Å². The van der Waals surface area contributed by atoms with Crippen LogP contribution < -0.4 is 0 Å². The second-order valence-corrected chi connectivity index (χ2v) is 5.47. The summed E-state index contributed by atoms with van der Waals surface area (Å²) >= 11 is 12.0. The first-order valence-corrected chi connectivity index (χ1v) is 5.45. The quantitative estimate of drug-likeness (QED) is 0.704. The van der Waals surface area contributed by atoms with Gasteiger partial charge < -0.3 is 0 Å². The molecular weight excluding hydrogens is 217 g/mol. The van der Waals surface area contributed by atoms with Crippen molar-refractivity contribution in [3.05, 3.63) is 29.0 Å². The Balaban J connectivity index is 2.65. The Morgan fingerprint density at radius 2 is 2.00 bits per heavy atom. The molecule has 1 heterocycles. The molecule has 1 aromatic heterocycles. The van der Waals surface area contributed by atoms with Crippen LogP contribution in [0, 0.1) is 5.41 Å². The fourth-order valence-electron chi connectivity index (χ4n) is 1.02. The highest BCUT2D eigenvalue weighted by molar-refractivity contribution is 6.30. The first kappa shape index (κ1) is 11.8. The lowest BCUT2D eigenvalue weighted by atomic mass is 9.89. The lowest BCUT2D eigenvalue weighted by molar-refractivity contribution is 0.384. The lowest BCUT2D eigenvalue weighted by Gasteiger charge is -2.24. The summed E-state index contributed by atoms with van der Waals surface area (Å²) < 4.78 is 0. The Morgan fingerprint density at radius 1 is 1.36 bits per heavy atom. The van der Waals surface area contributed by atoms with E-state index >= 15 is 0 Å². The van der Waals surface area contributed by atoms with Crippen LogP contribution in [0.15, 0.2) is 18.3 Å². The summed E-state index contributed by atoms with van der Waals surface area (Å²) in [5, 5.41) is 0.756. The second kappa shape index (κ2) is 4.50. The van der Waals surface area contributed by atoms with Crippen LogP contribution in [0.4, 0.5) is 0 Å². The van der Waals surface area contributed by atoms with Crippen molar-refractivity contribution < 1.29 is 0 Å². The SMILES string of the molecule is CC(C)(C)C(Cl)Cc1ccc(Cl)cn1. The maximum atomic E-state index is 6.26. The molecule has 0 aliphatic carbocycles. The van der Waals surface area contributed by atoms with Crippen molar-refractivity contribution in [1.82, 2.24) is 4.98 Å². The fraction of sp³-hybridized carbons (Fsp3) is 0.545. The normalized spacial score (nSPS) is 14.1. The zero-order valence-electron chi connectivity index (χ0n) is 8.72. The lowest BCUT2D eigenvalue weighted by Crippen LogP contribution is -2.23. The Morgan fingerprint density at radius 3 is 2.43 bits per heavy atom. The van der Waals surface area contributed by atoms with E-state index in [9.17, 15) is 0 Å². The van der Waals surface area contributed by atoms with Crippen molar-refractivity contribution in [3.8, 4) is 0 Å². The van der Waals surface area contributed by atoms with Gasteiger partial charge in [-0.25, -0.2) is 0 Å². The molecule has 0 fully saturated rings. The first-order valence-electron chi connectivity index (χ1n) is 4.64. The molecular formula is C11H15Cl2N. The molecule has 14 heavy (non-hydrogen) atoms. The van der Waals surface area contributed by atoms with E-state index < -0.39 is 0 Å². The maximum absolute atomic E-state index is 6.26. The number of hydrogen-bond donors (Lipinski definition) is 0. The predicted molar refractivity (Wildman–Crippen MR) is 62.0 cm³/mol. The molecule has 1 unspecified atom stereocenters. The highest BCUT2D eigenvalue weighted by atomic mass is 35.5. The van der Waals surface area contributed by atoms with Crippen molar-refractivity contribution in [3.63, 3.8) is 0 Å². The highest BCUT2D eigenvalue weighted by Crippen LogP contribution is 2.27. The number of halogens is 2. The number of rotatable bonds is 2. The Bertz CT molecular complexity index is 287. The van der Waals surface area contributed by atoms with E-state index in [0.29, 0.717) is 5.02 Å². The van der Waals surface area contributed by atoms with Crippen LogP contribution in [0.3, 0.4) is 0 Å². The van der Waals surface area contributed by atoms with E-state index in [1.54, 1.807) is 6.20 Å². The summed E-state index contributed by atoms with van der Waals surface area (Å²) in [6.07, 6.45) is 2.44. The molecule has 0 saturated heterocycles.